The third-order valence-electron chi connectivity index (χ3n) is 4.25. The average Bonchev–Trinajstić information content (AvgIpc) is 3.18. The van der Waals surface area contributed by atoms with Crippen molar-refractivity contribution in [3.05, 3.63) is 42.6 Å². The van der Waals surface area contributed by atoms with Crippen molar-refractivity contribution >= 4 is 33.3 Å². The lowest BCUT2D eigenvalue weighted by molar-refractivity contribution is 0.355. The van der Waals surface area contributed by atoms with Crippen molar-refractivity contribution in [3.8, 4) is 17.2 Å². The van der Waals surface area contributed by atoms with Gasteiger partial charge in [-0.2, -0.15) is 5.10 Å². The first-order valence-corrected chi connectivity index (χ1v) is 8.03. The number of benzene rings is 2. The van der Waals surface area contributed by atoms with E-state index in [1.165, 1.54) is 0 Å². The van der Waals surface area contributed by atoms with Crippen LogP contribution in [0.1, 0.15) is 0 Å². The molecule has 0 aliphatic carbocycles. The molecule has 0 aliphatic rings. The van der Waals surface area contributed by atoms with Crippen molar-refractivity contribution in [2.24, 2.45) is 0 Å². The molecule has 7 nitrogen and oxygen atoms in total. The molecule has 2 N–H and O–H groups in total. The SMILES string of the molecule is COc1ccc2nc(Nc3ccc(OC)c(OC)c3)c3[nH]ncc3c2c1. The second-order valence-electron chi connectivity index (χ2n) is 5.70. The van der Waals surface area contributed by atoms with E-state index >= 15 is 0 Å². The van der Waals surface area contributed by atoms with Gasteiger partial charge in [-0.05, 0) is 30.3 Å². The molecule has 2 aromatic heterocycles. The Morgan fingerprint density at radius 1 is 0.885 bits per heavy atom. The molecule has 0 unspecified atom stereocenters. The molecule has 0 radical (unpaired) electrons. The molecule has 2 heterocycles. The lowest BCUT2D eigenvalue weighted by Gasteiger charge is -2.12. The number of anilines is 2. The number of fused-ring (bicyclic) bond motifs is 3. The van der Waals surface area contributed by atoms with Gasteiger partial charge >= 0.3 is 0 Å². The van der Waals surface area contributed by atoms with Gasteiger partial charge in [-0.25, -0.2) is 4.98 Å². The van der Waals surface area contributed by atoms with Crippen LogP contribution in [-0.4, -0.2) is 36.5 Å². The zero-order valence-electron chi connectivity index (χ0n) is 14.7. The maximum Gasteiger partial charge on any atom is 0.162 e. The van der Waals surface area contributed by atoms with E-state index in [2.05, 4.69) is 15.5 Å². The van der Waals surface area contributed by atoms with E-state index in [1.54, 1.807) is 27.5 Å². The van der Waals surface area contributed by atoms with Crippen molar-refractivity contribution in [1.82, 2.24) is 15.2 Å². The minimum absolute atomic E-state index is 0.642. The fraction of sp³-hybridized carbons (Fsp3) is 0.158. The Balaban J connectivity index is 1.82. The number of hydrogen-bond donors (Lipinski definition) is 2. The monoisotopic (exact) mass is 350 g/mol. The molecule has 0 saturated heterocycles. The highest BCUT2D eigenvalue weighted by Gasteiger charge is 2.12. The van der Waals surface area contributed by atoms with Crippen LogP contribution in [0.2, 0.25) is 0 Å². The molecule has 4 aromatic rings. The first-order chi connectivity index (χ1) is 12.7. The van der Waals surface area contributed by atoms with E-state index < -0.39 is 0 Å². The quantitative estimate of drug-likeness (QED) is 0.568. The van der Waals surface area contributed by atoms with Gasteiger partial charge in [0.05, 0.1) is 33.0 Å². The zero-order valence-corrected chi connectivity index (χ0v) is 14.7. The van der Waals surface area contributed by atoms with Gasteiger partial charge in [0.1, 0.15) is 11.3 Å². The van der Waals surface area contributed by atoms with Crippen LogP contribution in [0.4, 0.5) is 11.5 Å². The number of nitrogens with zero attached hydrogens (tertiary/aromatic N) is 2. The molecule has 0 bridgehead atoms. The second-order valence-corrected chi connectivity index (χ2v) is 5.70. The predicted molar refractivity (Wildman–Crippen MR) is 101 cm³/mol. The van der Waals surface area contributed by atoms with E-state index in [4.69, 9.17) is 19.2 Å². The van der Waals surface area contributed by atoms with Crippen LogP contribution in [-0.2, 0) is 0 Å². The largest absolute Gasteiger partial charge is 0.497 e. The van der Waals surface area contributed by atoms with Gasteiger partial charge in [0.25, 0.3) is 0 Å². The molecular formula is C19H18N4O3. The van der Waals surface area contributed by atoms with E-state index in [9.17, 15) is 0 Å². The molecule has 7 heteroatoms. The maximum atomic E-state index is 5.36. The summed E-state index contributed by atoms with van der Waals surface area (Å²) in [5.41, 5.74) is 2.50. The van der Waals surface area contributed by atoms with E-state index in [1.807, 2.05) is 36.4 Å². The molecule has 26 heavy (non-hydrogen) atoms. The topological polar surface area (TPSA) is 81.3 Å². The Kier molecular flexibility index (Phi) is 3.96. The first-order valence-electron chi connectivity index (χ1n) is 8.03. The van der Waals surface area contributed by atoms with E-state index in [0.717, 1.165) is 33.2 Å². The number of methoxy groups -OCH3 is 3. The van der Waals surface area contributed by atoms with Crippen molar-refractivity contribution in [1.29, 1.82) is 0 Å². The molecule has 0 atom stereocenters. The van der Waals surface area contributed by atoms with Gasteiger partial charge in [-0.1, -0.05) is 0 Å². The summed E-state index contributed by atoms with van der Waals surface area (Å²) in [6.45, 7) is 0. The summed E-state index contributed by atoms with van der Waals surface area (Å²) < 4.78 is 16.0. The molecule has 0 aliphatic heterocycles. The number of aromatic amines is 1. The number of aromatic nitrogens is 3. The summed E-state index contributed by atoms with van der Waals surface area (Å²) in [6, 6.07) is 11.4. The van der Waals surface area contributed by atoms with Crippen LogP contribution in [0.3, 0.4) is 0 Å². The van der Waals surface area contributed by atoms with Crippen molar-refractivity contribution < 1.29 is 14.2 Å². The van der Waals surface area contributed by atoms with Gasteiger partial charge in [0.2, 0.25) is 0 Å². The summed E-state index contributed by atoms with van der Waals surface area (Å²) in [4.78, 5) is 4.73. The lowest BCUT2D eigenvalue weighted by atomic mass is 10.1. The maximum absolute atomic E-state index is 5.36. The molecular weight excluding hydrogens is 332 g/mol. The minimum atomic E-state index is 0.642. The molecule has 0 saturated carbocycles. The Morgan fingerprint density at radius 3 is 2.50 bits per heavy atom. The Labute approximate surface area is 149 Å². The van der Waals surface area contributed by atoms with Gasteiger partial charge < -0.3 is 19.5 Å². The second kappa shape index (κ2) is 6.44. The Bertz CT molecular complexity index is 1090. The van der Waals surface area contributed by atoms with Crippen LogP contribution < -0.4 is 19.5 Å². The summed E-state index contributed by atoms with van der Waals surface area (Å²) in [5.74, 6) is 2.77. The highest BCUT2D eigenvalue weighted by molar-refractivity contribution is 6.09. The number of H-pyrrole nitrogens is 1. The van der Waals surface area contributed by atoms with Crippen molar-refractivity contribution in [3.63, 3.8) is 0 Å². The number of nitrogens with one attached hydrogen (secondary N) is 2. The number of rotatable bonds is 5. The van der Waals surface area contributed by atoms with Crippen LogP contribution in [0.15, 0.2) is 42.6 Å². The predicted octanol–water partition coefficient (Wildman–Crippen LogP) is 3.88. The van der Waals surface area contributed by atoms with Crippen LogP contribution in [0.5, 0.6) is 17.2 Å². The standard InChI is InChI=1S/C19H18N4O3/c1-24-12-5-6-15-13(9-12)14-10-20-23-18(14)19(22-15)21-11-4-7-16(25-2)17(8-11)26-3/h4-10H,1-3H3,(H,20,23)(H,21,22). The average molecular weight is 350 g/mol. The van der Waals surface area contributed by atoms with E-state index in [0.29, 0.717) is 17.3 Å². The molecule has 4 rings (SSSR count). The van der Waals surface area contributed by atoms with Gasteiger partial charge in [0, 0.05) is 22.5 Å². The van der Waals surface area contributed by atoms with Crippen molar-refractivity contribution in [2.45, 2.75) is 0 Å². The fourth-order valence-electron chi connectivity index (χ4n) is 2.94. The number of pyridine rings is 1. The van der Waals surface area contributed by atoms with Gasteiger partial charge in [0.15, 0.2) is 17.3 Å². The van der Waals surface area contributed by atoms with Crippen LogP contribution >= 0.6 is 0 Å². The van der Waals surface area contributed by atoms with Crippen molar-refractivity contribution in [2.75, 3.05) is 26.6 Å². The third-order valence-corrected chi connectivity index (χ3v) is 4.25. The first kappa shape index (κ1) is 16.0. The Morgan fingerprint density at radius 2 is 1.73 bits per heavy atom. The lowest BCUT2D eigenvalue weighted by Crippen LogP contribution is -1.98. The van der Waals surface area contributed by atoms with Gasteiger partial charge in [-0.15, -0.1) is 0 Å². The summed E-state index contributed by atoms with van der Waals surface area (Å²) in [7, 11) is 4.86. The molecule has 0 fully saturated rings. The summed E-state index contributed by atoms with van der Waals surface area (Å²) in [5, 5.41) is 12.5. The van der Waals surface area contributed by atoms with E-state index in [-0.39, 0.29) is 0 Å². The van der Waals surface area contributed by atoms with Gasteiger partial charge in [-0.3, -0.25) is 5.10 Å². The molecule has 0 spiro atoms. The number of ether oxygens (including phenoxy) is 3. The summed E-state index contributed by atoms with van der Waals surface area (Å²) in [6.07, 6.45) is 1.79. The fourth-order valence-corrected chi connectivity index (χ4v) is 2.94. The minimum Gasteiger partial charge on any atom is -0.497 e. The smallest absolute Gasteiger partial charge is 0.162 e. The zero-order chi connectivity index (χ0) is 18.1. The van der Waals surface area contributed by atoms with Crippen LogP contribution in [0.25, 0.3) is 21.8 Å². The van der Waals surface area contributed by atoms with Crippen LogP contribution in [0, 0.1) is 0 Å². The third kappa shape index (κ3) is 2.63. The normalized spacial score (nSPS) is 10.9. The highest BCUT2D eigenvalue weighted by atomic mass is 16.5. The molecule has 2 aromatic carbocycles. The highest BCUT2D eigenvalue weighted by Crippen LogP contribution is 2.34. The Hall–Kier alpha value is -3.48. The number of hydrogen-bond acceptors (Lipinski definition) is 6. The molecule has 0 amide bonds. The molecule has 132 valence electrons. The summed E-state index contributed by atoms with van der Waals surface area (Å²) >= 11 is 0.